The number of nitrogens with one attached hydrogen (secondary N) is 1. The smallest absolute Gasteiger partial charge is 0.225 e. The van der Waals surface area contributed by atoms with Crippen molar-refractivity contribution >= 4 is 11.9 Å². The fraction of sp³-hybridized carbons (Fsp3) is 0.346. The molecule has 0 aliphatic carbocycles. The molecule has 0 saturated carbocycles. The summed E-state index contributed by atoms with van der Waals surface area (Å²) in [6, 6.07) is 18.0. The third-order valence-corrected chi connectivity index (χ3v) is 5.68. The van der Waals surface area contributed by atoms with Crippen LogP contribution in [0.5, 0.6) is 5.75 Å². The van der Waals surface area contributed by atoms with Crippen LogP contribution in [0.15, 0.2) is 67.0 Å². The van der Waals surface area contributed by atoms with Crippen LogP contribution >= 0.6 is 0 Å². The zero-order valence-corrected chi connectivity index (χ0v) is 18.5. The van der Waals surface area contributed by atoms with E-state index in [1.54, 1.807) is 0 Å². The topological polar surface area (TPSA) is 67.3 Å². The summed E-state index contributed by atoms with van der Waals surface area (Å²) in [6.07, 6.45) is 6.53. The van der Waals surface area contributed by atoms with Crippen molar-refractivity contribution in [1.82, 2.24) is 15.3 Å². The number of amides is 1. The number of anilines is 1. The van der Waals surface area contributed by atoms with Crippen molar-refractivity contribution < 1.29 is 9.53 Å². The van der Waals surface area contributed by atoms with E-state index >= 15 is 0 Å². The maximum absolute atomic E-state index is 12.8. The Balaban J connectivity index is 1.31. The second-order valence-corrected chi connectivity index (χ2v) is 8.13. The first-order chi connectivity index (χ1) is 15.7. The van der Waals surface area contributed by atoms with Crippen molar-refractivity contribution in [1.29, 1.82) is 0 Å². The third kappa shape index (κ3) is 5.63. The Bertz CT molecular complexity index is 991. The van der Waals surface area contributed by atoms with Crippen LogP contribution in [0.4, 0.5) is 5.95 Å². The number of piperidine rings is 1. The molecule has 166 valence electrons. The van der Waals surface area contributed by atoms with Gasteiger partial charge in [-0.3, -0.25) is 4.79 Å². The van der Waals surface area contributed by atoms with Gasteiger partial charge in [0, 0.05) is 37.6 Å². The van der Waals surface area contributed by atoms with Crippen LogP contribution in [-0.4, -0.2) is 35.6 Å². The Hall–Kier alpha value is -3.41. The minimum absolute atomic E-state index is 0.0617. The molecule has 4 rings (SSSR count). The summed E-state index contributed by atoms with van der Waals surface area (Å²) in [5.74, 6) is 1.57. The number of nitrogens with zero attached hydrogens (tertiary/aromatic N) is 3. The lowest BCUT2D eigenvalue weighted by Gasteiger charge is -2.32. The minimum atomic E-state index is -0.0617. The molecule has 6 heteroatoms. The van der Waals surface area contributed by atoms with Crippen LogP contribution in [-0.2, 0) is 11.3 Å². The van der Waals surface area contributed by atoms with E-state index in [9.17, 15) is 4.79 Å². The highest BCUT2D eigenvalue weighted by molar-refractivity contribution is 5.79. The van der Waals surface area contributed by atoms with Gasteiger partial charge in [0.05, 0.1) is 12.5 Å². The first kappa shape index (κ1) is 21.8. The zero-order valence-electron chi connectivity index (χ0n) is 18.5. The number of hydrogen-bond donors (Lipinski definition) is 1. The number of rotatable bonds is 8. The van der Waals surface area contributed by atoms with Crippen LogP contribution in [0.1, 0.15) is 31.7 Å². The molecule has 1 N–H and O–H groups in total. The van der Waals surface area contributed by atoms with Gasteiger partial charge in [0.2, 0.25) is 11.9 Å². The molecule has 32 heavy (non-hydrogen) atoms. The van der Waals surface area contributed by atoms with E-state index < -0.39 is 0 Å². The monoisotopic (exact) mass is 430 g/mol. The lowest BCUT2D eigenvalue weighted by atomic mass is 9.97. The Morgan fingerprint density at radius 3 is 2.53 bits per heavy atom. The molecule has 1 amide bonds. The number of carbonyl (C=O) groups is 1. The van der Waals surface area contributed by atoms with Crippen molar-refractivity contribution in [3.63, 3.8) is 0 Å². The molecule has 1 saturated heterocycles. The van der Waals surface area contributed by atoms with Crippen molar-refractivity contribution in [2.45, 2.75) is 32.7 Å². The SMILES string of the molecule is CCCOc1ccc(CNC(=O)[C@H]2CCCN(c3ncc(-c4ccccc4)cn3)C2)cc1. The first-order valence-electron chi connectivity index (χ1n) is 11.3. The fourth-order valence-electron chi connectivity index (χ4n) is 3.89. The molecule has 1 aliphatic heterocycles. The Morgan fingerprint density at radius 2 is 1.81 bits per heavy atom. The van der Waals surface area contributed by atoms with E-state index in [0.29, 0.717) is 25.6 Å². The fourth-order valence-corrected chi connectivity index (χ4v) is 3.89. The molecular weight excluding hydrogens is 400 g/mol. The molecule has 1 atom stereocenters. The Morgan fingerprint density at radius 1 is 1.06 bits per heavy atom. The summed E-state index contributed by atoms with van der Waals surface area (Å²) in [7, 11) is 0. The molecule has 6 nitrogen and oxygen atoms in total. The van der Waals surface area contributed by atoms with E-state index in [1.165, 1.54) is 0 Å². The highest BCUT2D eigenvalue weighted by atomic mass is 16.5. The number of carbonyl (C=O) groups excluding carboxylic acids is 1. The lowest BCUT2D eigenvalue weighted by Crippen LogP contribution is -2.43. The van der Waals surface area contributed by atoms with Crippen LogP contribution in [0.2, 0.25) is 0 Å². The van der Waals surface area contributed by atoms with E-state index in [4.69, 9.17) is 4.74 Å². The molecule has 1 aromatic heterocycles. The molecule has 1 aliphatic rings. The van der Waals surface area contributed by atoms with Gasteiger partial charge in [-0.2, -0.15) is 0 Å². The van der Waals surface area contributed by atoms with E-state index in [2.05, 4.69) is 27.1 Å². The maximum atomic E-state index is 12.8. The van der Waals surface area contributed by atoms with Crippen molar-refractivity contribution in [2.75, 3.05) is 24.6 Å². The predicted molar refractivity (Wildman–Crippen MR) is 126 cm³/mol. The molecule has 2 heterocycles. The summed E-state index contributed by atoms with van der Waals surface area (Å²) in [6.45, 7) is 4.83. The molecule has 0 radical (unpaired) electrons. The van der Waals surface area contributed by atoms with Gasteiger partial charge in [0.25, 0.3) is 0 Å². The second kappa shape index (κ2) is 10.8. The summed E-state index contributed by atoms with van der Waals surface area (Å²) >= 11 is 0. The summed E-state index contributed by atoms with van der Waals surface area (Å²) in [5.41, 5.74) is 3.15. The van der Waals surface area contributed by atoms with Gasteiger partial charge in [-0.1, -0.05) is 49.4 Å². The van der Waals surface area contributed by atoms with E-state index in [1.807, 2.05) is 67.0 Å². The number of aromatic nitrogens is 2. The van der Waals surface area contributed by atoms with Gasteiger partial charge in [0.1, 0.15) is 5.75 Å². The summed E-state index contributed by atoms with van der Waals surface area (Å²) in [4.78, 5) is 24.0. The number of benzene rings is 2. The summed E-state index contributed by atoms with van der Waals surface area (Å²) in [5, 5.41) is 3.09. The van der Waals surface area contributed by atoms with Crippen molar-refractivity contribution in [3.8, 4) is 16.9 Å². The van der Waals surface area contributed by atoms with Crippen molar-refractivity contribution in [3.05, 3.63) is 72.6 Å². The van der Waals surface area contributed by atoms with Crippen molar-refractivity contribution in [2.24, 2.45) is 5.92 Å². The van der Waals surface area contributed by atoms with Gasteiger partial charge in [-0.15, -0.1) is 0 Å². The van der Waals surface area contributed by atoms with Crippen LogP contribution in [0.3, 0.4) is 0 Å². The third-order valence-electron chi connectivity index (χ3n) is 5.68. The van der Waals surface area contributed by atoms with Gasteiger partial charge >= 0.3 is 0 Å². The molecule has 0 unspecified atom stereocenters. The zero-order chi connectivity index (χ0) is 22.2. The highest BCUT2D eigenvalue weighted by Crippen LogP contribution is 2.23. The van der Waals surface area contributed by atoms with Gasteiger partial charge < -0.3 is 15.0 Å². The van der Waals surface area contributed by atoms with E-state index in [-0.39, 0.29) is 11.8 Å². The molecule has 3 aromatic rings. The minimum Gasteiger partial charge on any atom is -0.494 e. The quantitative estimate of drug-likeness (QED) is 0.571. The van der Waals surface area contributed by atoms with Gasteiger partial charge in [-0.05, 0) is 42.5 Å². The summed E-state index contributed by atoms with van der Waals surface area (Å²) < 4.78 is 5.61. The average Bonchev–Trinajstić information content (AvgIpc) is 2.87. The number of ether oxygens (including phenoxy) is 1. The number of hydrogen-bond acceptors (Lipinski definition) is 5. The largest absolute Gasteiger partial charge is 0.494 e. The Kier molecular flexibility index (Phi) is 7.33. The molecule has 0 spiro atoms. The highest BCUT2D eigenvalue weighted by Gasteiger charge is 2.27. The van der Waals surface area contributed by atoms with Crippen LogP contribution < -0.4 is 15.0 Å². The first-order valence-corrected chi connectivity index (χ1v) is 11.3. The predicted octanol–water partition coefficient (Wildman–Crippen LogP) is 4.47. The standard InChI is InChI=1S/C26H30N4O2/c1-2-15-32-24-12-10-20(11-13-24)16-27-25(31)22-9-6-14-30(19-22)26-28-17-23(18-29-26)21-7-4-3-5-8-21/h3-5,7-8,10-13,17-18,22H,2,6,9,14-16,19H2,1H3,(H,27,31)/t22-/m0/s1. The molecular formula is C26H30N4O2. The maximum Gasteiger partial charge on any atom is 0.225 e. The molecule has 2 aromatic carbocycles. The van der Waals surface area contributed by atoms with Crippen LogP contribution in [0, 0.1) is 5.92 Å². The lowest BCUT2D eigenvalue weighted by molar-refractivity contribution is -0.125. The van der Waals surface area contributed by atoms with Gasteiger partial charge in [-0.25, -0.2) is 9.97 Å². The van der Waals surface area contributed by atoms with Gasteiger partial charge in [0.15, 0.2) is 0 Å². The van der Waals surface area contributed by atoms with E-state index in [0.717, 1.165) is 48.2 Å². The second-order valence-electron chi connectivity index (χ2n) is 8.13. The molecule has 0 bridgehead atoms. The Labute approximate surface area is 189 Å². The average molecular weight is 431 g/mol. The normalized spacial score (nSPS) is 15.9. The molecule has 1 fully saturated rings. The van der Waals surface area contributed by atoms with Crippen LogP contribution in [0.25, 0.3) is 11.1 Å².